The minimum Gasteiger partial charge on any atom is -0.488 e. The molecule has 0 unspecified atom stereocenters. The van der Waals surface area contributed by atoms with Crippen molar-refractivity contribution in [2.45, 2.75) is 58.0 Å². The van der Waals surface area contributed by atoms with Gasteiger partial charge in [0.15, 0.2) is 0 Å². The Kier molecular flexibility index (Phi) is 8.11. The summed E-state index contributed by atoms with van der Waals surface area (Å²) in [5.41, 5.74) is 2.29. The molecule has 0 spiro atoms. The Morgan fingerprint density at radius 3 is 2.86 bits per heavy atom. The lowest BCUT2D eigenvalue weighted by atomic mass is 10.0. The first-order chi connectivity index (χ1) is 14.2. The summed E-state index contributed by atoms with van der Waals surface area (Å²) in [6, 6.07) is 8.53. The van der Waals surface area contributed by atoms with Gasteiger partial charge in [0.2, 0.25) is 0 Å². The number of amides is 1. The standard InChI is InChI=1S/C23H33N3O3/c1-2-3-7-18-16-19-8-6-12-24-22(19)21(17-18)29-20-9-14-26(15-10-20)13-5-4-11-25-23(27)28/h6,8,12,16-17,20,25H,2-5,7,9-11,13-15H2,1H3,(H,27,28). The number of likely N-dealkylation sites (tertiary alicyclic amines) is 1. The number of hydrogen-bond acceptors (Lipinski definition) is 4. The maximum Gasteiger partial charge on any atom is 0.404 e. The van der Waals surface area contributed by atoms with Crippen LogP contribution in [0.25, 0.3) is 10.9 Å². The first kappa shape index (κ1) is 21.4. The number of fused-ring (bicyclic) bond motifs is 1. The highest BCUT2D eigenvalue weighted by Crippen LogP contribution is 2.29. The topological polar surface area (TPSA) is 74.7 Å². The van der Waals surface area contributed by atoms with Gasteiger partial charge in [-0.15, -0.1) is 0 Å². The van der Waals surface area contributed by atoms with Crippen molar-refractivity contribution in [3.63, 3.8) is 0 Å². The van der Waals surface area contributed by atoms with E-state index in [1.54, 1.807) is 0 Å². The van der Waals surface area contributed by atoms with Crippen molar-refractivity contribution in [2.24, 2.45) is 0 Å². The van der Waals surface area contributed by atoms with Crippen LogP contribution in [0.2, 0.25) is 0 Å². The molecule has 158 valence electrons. The second-order valence-electron chi connectivity index (χ2n) is 7.87. The number of ether oxygens (including phenoxy) is 1. The normalized spacial score (nSPS) is 15.5. The van der Waals surface area contributed by atoms with Gasteiger partial charge < -0.3 is 20.1 Å². The number of nitrogens with zero attached hydrogens (tertiary/aromatic N) is 2. The molecular formula is C23H33N3O3. The lowest BCUT2D eigenvalue weighted by Crippen LogP contribution is -2.39. The highest BCUT2D eigenvalue weighted by molar-refractivity contribution is 5.85. The molecule has 3 rings (SSSR count). The number of carboxylic acid groups (broad SMARTS) is 1. The Morgan fingerprint density at radius 1 is 1.28 bits per heavy atom. The van der Waals surface area contributed by atoms with E-state index in [-0.39, 0.29) is 6.10 Å². The maximum atomic E-state index is 10.5. The van der Waals surface area contributed by atoms with E-state index in [0.717, 1.165) is 68.4 Å². The second kappa shape index (κ2) is 11.0. The van der Waals surface area contributed by atoms with Crippen LogP contribution in [0.4, 0.5) is 4.79 Å². The average Bonchev–Trinajstić information content (AvgIpc) is 2.73. The largest absolute Gasteiger partial charge is 0.488 e. The summed E-state index contributed by atoms with van der Waals surface area (Å²) in [5.74, 6) is 0.924. The van der Waals surface area contributed by atoms with Crippen LogP contribution in [0.15, 0.2) is 30.5 Å². The zero-order chi connectivity index (χ0) is 20.5. The summed E-state index contributed by atoms with van der Waals surface area (Å²) >= 11 is 0. The summed E-state index contributed by atoms with van der Waals surface area (Å²) in [6.07, 6.45) is 8.50. The molecule has 1 aliphatic heterocycles. The molecule has 29 heavy (non-hydrogen) atoms. The van der Waals surface area contributed by atoms with E-state index in [1.807, 2.05) is 12.3 Å². The Balaban J connectivity index is 1.52. The number of aromatic nitrogens is 1. The van der Waals surface area contributed by atoms with Gasteiger partial charge in [-0.05, 0) is 68.8 Å². The summed E-state index contributed by atoms with van der Waals surface area (Å²) in [5, 5.41) is 12.2. The molecule has 1 aromatic carbocycles. The predicted molar refractivity (Wildman–Crippen MR) is 116 cm³/mol. The van der Waals surface area contributed by atoms with Crippen LogP contribution in [0.3, 0.4) is 0 Å². The third kappa shape index (κ3) is 6.60. The number of nitrogens with one attached hydrogen (secondary N) is 1. The van der Waals surface area contributed by atoms with E-state index in [9.17, 15) is 4.79 Å². The van der Waals surface area contributed by atoms with Crippen LogP contribution in [0, 0.1) is 0 Å². The summed E-state index contributed by atoms with van der Waals surface area (Å²) < 4.78 is 6.44. The minimum atomic E-state index is -0.941. The van der Waals surface area contributed by atoms with Crippen LogP contribution in [0.1, 0.15) is 51.0 Å². The Hall–Kier alpha value is -2.34. The minimum absolute atomic E-state index is 0.228. The van der Waals surface area contributed by atoms with Gasteiger partial charge in [0.05, 0.1) is 0 Å². The molecule has 2 heterocycles. The number of piperidine rings is 1. The second-order valence-corrected chi connectivity index (χ2v) is 7.87. The Morgan fingerprint density at radius 2 is 2.10 bits per heavy atom. The molecule has 0 bridgehead atoms. The molecule has 1 saturated heterocycles. The van der Waals surface area contributed by atoms with Crippen LogP contribution >= 0.6 is 0 Å². The number of aryl methyl sites for hydroxylation is 1. The third-order valence-corrected chi connectivity index (χ3v) is 5.55. The number of unbranched alkanes of at least 4 members (excludes halogenated alkanes) is 2. The molecule has 6 heteroatoms. The molecular weight excluding hydrogens is 366 g/mol. The van der Waals surface area contributed by atoms with Gasteiger partial charge >= 0.3 is 6.09 Å². The number of rotatable bonds is 10. The molecule has 0 saturated carbocycles. The van der Waals surface area contributed by atoms with Crippen LogP contribution < -0.4 is 10.1 Å². The monoisotopic (exact) mass is 399 g/mol. The maximum absolute atomic E-state index is 10.5. The summed E-state index contributed by atoms with van der Waals surface area (Å²) in [4.78, 5) is 17.5. The quantitative estimate of drug-likeness (QED) is 0.577. The van der Waals surface area contributed by atoms with Crippen LogP contribution in [-0.4, -0.2) is 53.4 Å². The molecule has 0 atom stereocenters. The lowest BCUT2D eigenvalue weighted by molar-refractivity contribution is 0.101. The van der Waals surface area contributed by atoms with E-state index in [1.165, 1.54) is 18.4 Å². The van der Waals surface area contributed by atoms with Crippen molar-refractivity contribution >= 4 is 17.0 Å². The molecule has 2 N–H and O–H groups in total. The van der Waals surface area contributed by atoms with Gasteiger partial charge in [-0.2, -0.15) is 0 Å². The van der Waals surface area contributed by atoms with Gasteiger partial charge in [0.1, 0.15) is 17.4 Å². The van der Waals surface area contributed by atoms with E-state index in [0.29, 0.717) is 6.54 Å². The fourth-order valence-electron chi connectivity index (χ4n) is 3.92. The Labute approximate surface area is 173 Å². The van der Waals surface area contributed by atoms with Gasteiger partial charge in [0, 0.05) is 31.2 Å². The van der Waals surface area contributed by atoms with E-state index in [2.05, 4.69) is 40.3 Å². The zero-order valence-electron chi connectivity index (χ0n) is 17.4. The third-order valence-electron chi connectivity index (χ3n) is 5.55. The number of benzene rings is 1. The van der Waals surface area contributed by atoms with Crippen molar-refractivity contribution in [3.8, 4) is 5.75 Å². The van der Waals surface area contributed by atoms with Crippen molar-refractivity contribution in [1.29, 1.82) is 0 Å². The van der Waals surface area contributed by atoms with E-state index in [4.69, 9.17) is 9.84 Å². The molecule has 1 amide bonds. The smallest absolute Gasteiger partial charge is 0.404 e. The fourth-order valence-corrected chi connectivity index (χ4v) is 3.92. The van der Waals surface area contributed by atoms with Crippen molar-refractivity contribution in [2.75, 3.05) is 26.2 Å². The van der Waals surface area contributed by atoms with Crippen molar-refractivity contribution < 1.29 is 14.6 Å². The molecule has 2 aromatic rings. The number of carbonyl (C=O) groups is 1. The zero-order valence-corrected chi connectivity index (χ0v) is 17.4. The molecule has 0 radical (unpaired) electrons. The summed E-state index contributed by atoms with van der Waals surface area (Å²) in [7, 11) is 0. The lowest BCUT2D eigenvalue weighted by Gasteiger charge is -2.32. The molecule has 6 nitrogen and oxygen atoms in total. The number of pyridine rings is 1. The van der Waals surface area contributed by atoms with E-state index >= 15 is 0 Å². The fraction of sp³-hybridized carbons (Fsp3) is 0.565. The highest BCUT2D eigenvalue weighted by atomic mass is 16.5. The molecule has 0 aliphatic carbocycles. The van der Waals surface area contributed by atoms with Crippen molar-refractivity contribution in [3.05, 3.63) is 36.0 Å². The molecule has 1 aromatic heterocycles. The van der Waals surface area contributed by atoms with E-state index < -0.39 is 6.09 Å². The number of hydrogen-bond donors (Lipinski definition) is 2. The van der Waals surface area contributed by atoms with Gasteiger partial charge in [0.25, 0.3) is 0 Å². The van der Waals surface area contributed by atoms with Crippen LogP contribution in [-0.2, 0) is 6.42 Å². The molecule has 1 fully saturated rings. The summed E-state index contributed by atoms with van der Waals surface area (Å²) in [6.45, 7) is 5.82. The Bertz CT molecular complexity index is 788. The van der Waals surface area contributed by atoms with Crippen LogP contribution in [0.5, 0.6) is 5.75 Å². The first-order valence-corrected chi connectivity index (χ1v) is 10.9. The van der Waals surface area contributed by atoms with Gasteiger partial charge in [-0.25, -0.2) is 4.79 Å². The van der Waals surface area contributed by atoms with Gasteiger partial charge in [-0.3, -0.25) is 4.98 Å². The van der Waals surface area contributed by atoms with Crippen molar-refractivity contribution in [1.82, 2.24) is 15.2 Å². The molecule has 1 aliphatic rings. The van der Waals surface area contributed by atoms with Gasteiger partial charge in [-0.1, -0.05) is 19.4 Å². The highest BCUT2D eigenvalue weighted by Gasteiger charge is 2.21. The SMILES string of the molecule is CCCCc1cc(OC2CCN(CCCCNC(=O)O)CC2)c2ncccc2c1. The predicted octanol–water partition coefficient (Wildman–Crippen LogP) is 4.47. The average molecular weight is 400 g/mol. The first-order valence-electron chi connectivity index (χ1n) is 10.9.